The van der Waals surface area contributed by atoms with E-state index >= 15 is 0 Å². The summed E-state index contributed by atoms with van der Waals surface area (Å²) in [6.07, 6.45) is 0.0734. The molecule has 0 saturated carbocycles. The Bertz CT molecular complexity index is 863. The molecule has 8 heteroatoms. The number of benzene rings is 1. The number of rotatable bonds is 7. The van der Waals surface area contributed by atoms with Crippen LogP contribution < -0.4 is 15.6 Å². The van der Waals surface area contributed by atoms with Gasteiger partial charge in [0, 0.05) is 33.2 Å². The Labute approximate surface area is 166 Å². The van der Waals surface area contributed by atoms with Gasteiger partial charge in [-0.15, -0.1) is 11.3 Å². The van der Waals surface area contributed by atoms with Crippen LogP contribution in [0.1, 0.15) is 38.5 Å². The average Bonchev–Trinajstić information content (AvgIpc) is 2.97. The number of hydrazine groups is 1. The summed E-state index contributed by atoms with van der Waals surface area (Å²) in [6.45, 7) is 5.39. The largest absolute Gasteiger partial charge is 0.484 e. The lowest BCUT2D eigenvalue weighted by Gasteiger charge is -2.09. The van der Waals surface area contributed by atoms with Crippen molar-refractivity contribution in [2.45, 2.75) is 33.6 Å². The minimum Gasteiger partial charge on any atom is -0.484 e. The van der Waals surface area contributed by atoms with Gasteiger partial charge in [0.05, 0.1) is 0 Å². The predicted octanol–water partition coefficient (Wildman–Crippen LogP) is 3.52. The normalized spacial score (nSPS) is 10.4. The SMILES string of the molecule is Cc1cc(C(=O)CCC(=O)NNC(=O)COc2ccc(Cl)c(C)c2)c(C)s1. The third-order valence-electron chi connectivity index (χ3n) is 3.76. The van der Waals surface area contributed by atoms with Gasteiger partial charge in [0.15, 0.2) is 12.4 Å². The first-order valence-corrected chi connectivity index (χ1v) is 9.52. The number of amides is 2. The molecule has 2 amide bonds. The lowest BCUT2D eigenvalue weighted by molar-refractivity contribution is -0.130. The summed E-state index contributed by atoms with van der Waals surface area (Å²) in [4.78, 5) is 37.7. The third kappa shape index (κ3) is 6.37. The highest BCUT2D eigenvalue weighted by Crippen LogP contribution is 2.22. The molecule has 0 saturated heterocycles. The predicted molar refractivity (Wildman–Crippen MR) is 105 cm³/mol. The van der Waals surface area contributed by atoms with Crippen LogP contribution in [0.15, 0.2) is 24.3 Å². The second kappa shape index (κ2) is 9.53. The van der Waals surface area contributed by atoms with Crippen LogP contribution in [0.25, 0.3) is 0 Å². The number of nitrogens with one attached hydrogen (secondary N) is 2. The highest BCUT2D eigenvalue weighted by Gasteiger charge is 2.14. The maximum atomic E-state index is 12.1. The highest BCUT2D eigenvalue weighted by atomic mass is 35.5. The van der Waals surface area contributed by atoms with Crippen LogP contribution in [0.4, 0.5) is 0 Å². The summed E-state index contributed by atoms with van der Waals surface area (Å²) in [5, 5.41) is 0.612. The molecule has 1 aromatic heterocycles. The van der Waals surface area contributed by atoms with E-state index in [9.17, 15) is 14.4 Å². The van der Waals surface area contributed by atoms with Gasteiger partial charge in [-0.25, -0.2) is 0 Å². The van der Waals surface area contributed by atoms with Crippen LogP contribution in [0, 0.1) is 20.8 Å². The fourth-order valence-corrected chi connectivity index (χ4v) is 3.42. The zero-order valence-electron chi connectivity index (χ0n) is 15.3. The third-order valence-corrected chi connectivity index (χ3v) is 5.15. The van der Waals surface area contributed by atoms with Crippen LogP contribution in [0.2, 0.25) is 5.02 Å². The fraction of sp³-hybridized carbons (Fsp3) is 0.316. The van der Waals surface area contributed by atoms with E-state index in [1.54, 1.807) is 29.5 Å². The summed E-state index contributed by atoms with van der Waals surface area (Å²) in [7, 11) is 0. The maximum absolute atomic E-state index is 12.1. The molecule has 0 fully saturated rings. The number of carbonyl (C=O) groups excluding carboxylic acids is 3. The first-order valence-electron chi connectivity index (χ1n) is 8.33. The quantitative estimate of drug-likeness (QED) is 0.542. The van der Waals surface area contributed by atoms with Crippen LogP contribution >= 0.6 is 22.9 Å². The van der Waals surface area contributed by atoms with Crippen molar-refractivity contribution in [3.63, 3.8) is 0 Å². The Kier molecular flexibility index (Phi) is 7.38. The number of aryl methyl sites for hydroxylation is 3. The van der Waals surface area contributed by atoms with E-state index in [1.165, 1.54) is 0 Å². The Morgan fingerprint density at radius 2 is 1.74 bits per heavy atom. The van der Waals surface area contributed by atoms with Crippen molar-refractivity contribution < 1.29 is 19.1 Å². The molecule has 6 nitrogen and oxygen atoms in total. The Morgan fingerprint density at radius 1 is 1.04 bits per heavy atom. The molecule has 144 valence electrons. The standard InChI is InChI=1S/C19H21ClN2O4S/c1-11-8-14(4-5-16(11)20)26-10-19(25)22-21-18(24)7-6-17(23)15-9-12(2)27-13(15)3/h4-5,8-9H,6-7,10H2,1-3H3,(H,21,24)(H,22,25). The van der Waals surface area contributed by atoms with Crippen molar-refractivity contribution >= 4 is 40.5 Å². The van der Waals surface area contributed by atoms with E-state index in [-0.39, 0.29) is 25.2 Å². The van der Waals surface area contributed by atoms with Gasteiger partial charge in [-0.3, -0.25) is 25.2 Å². The molecule has 0 aliphatic rings. The first kappa shape index (κ1) is 20.9. The van der Waals surface area contributed by atoms with Crippen molar-refractivity contribution in [2.24, 2.45) is 0 Å². The number of halogens is 1. The molecular weight excluding hydrogens is 388 g/mol. The monoisotopic (exact) mass is 408 g/mol. The first-order chi connectivity index (χ1) is 12.8. The number of Topliss-reactive ketones (excluding diaryl/α,β-unsaturated/α-hetero) is 1. The van der Waals surface area contributed by atoms with Crippen molar-refractivity contribution in [3.8, 4) is 5.75 Å². The van der Waals surface area contributed by atoms with Gasteiger partial charge >= 0.3 is 0 Å². The summed E-state index contributed by atoms with van der Waals surface area (Å²) < 4.78 is 5.33. The molecule has 0 bridgehead atoms. The van der Waals surface area contributed by atoms with Gasteiger partial charge in [-0.1, -0.05) is 11.6 Å². The molecule has 27 heavy (non-hydrogen) atoms. The van der Waals surface area contributed by atoms with Crippen LogP contribution in [-0.2, 0) is 9.59 Å². The van der Waals surface area contributed by atoms with Crippen LogP contribution in [0.5, 0.6) is 5.75 Å². The fourth-order valence-electron chi connectivity index (χ4n) is 2.36. The van der Waals surface area contributed by atoms with Crippen molar-refractivity contribution in [1.29, 1.82) is 0 Å². The summed E-state index contributed by atoms with van der Waals surface area (Å²) >= 11 is 7.47. The number of ketones is 1. The molecule has 0 aliphatic carbocycles. The van der Waals surface area contributed by atoms with Gasteiger partial charge in [-0.05, 0) is 50.6 Å². The van der Waals surface area contributed by atoms with E-state index in [4.69, 9.17) is 16.3 Å². The van der Waals surface area contributed by atoms with E-state index < -0.39 is 11.8 Å². The molecule has 1 heterocycles. The summed E-state index contributed by atoms with van der Waals surface area (Å²) in [5.41, 5.74) is 6.03. The molecule has 2 rings (SSSR count). The lowest BCUT2D eigenvalue weighted by Crippen LogP contribution is -2.43. The molecule has 0 spiro atoms. The van der Waals surface area contributed by atoms with Gasteiger partial charge in [0.2, 0.25) is 5.91 Å². The molecule has 0 radical (unpaired) electrons. The Morgan fingerprint density at radius 3 is 2.37 bits per heavy atom. The number of thiophene rings is 1. The second-order valence-electron chi connectivity index (χ2n) is 6.05. The zero-order chi connectivity index (χ0) is 20.0. The van der Waals surface area contributed by atoms with Crippen molar-refractivity contribution in [3.05, 3.63) is 50.2 Å². The molecule has 0 unspecified atom stereocenters. The number of ether oxygens (including phenoxy) is 1. The van der Waals surface area contributed by atoms with Gasteiger partial charge in [0.25, 0.3) is 5.91 Å². The minimum atomic E-state index is -0.508. The van der Waals surface area contributed by atoms with Gasteiger partial charge < -0.3 is 4.74 Å². The summed E-state index contributed by atoms with van der Waals surface area (Å²) in [5.74, 6) is -0.527. The van der Waals surface area contributed by atoms with E-state index in [1.807, 2.05) is 26.8 Å². The lowest BCUT2D eigenvalue weighted by atomic mass is 10.1. The van der Waals surface area contributed by atoms with E-state index in [0.29, 0.717) is 16.3 Å². The Hall–Kier alpha value is -2.38. The van der Waals surface area contributed by atoms with Gasteiger partial charge in [0.1, 0.15) is 5.75 Å². The summed E-state index contributed by atoms with van der Waals surface area (Å²) in [6, 6.07) is 6.88. The smallest absolute Gasteiger partial charge is 0.276 e. The number of hydrogen-bond donors (Lipinski definition) is 2. The Balaban J connectivity index is 1.70. The number of hydrogen-bond acceptors (Lipinski definition) is 5. The maximum Gasteiger partial charge on any atom is 0.276 e. The average molecular weight is 409 g/mol. The molecule has 0 aliphatic heterocycles. The van der Waals surface area contributed by atoms with Gasteiger partial charge in [-0.2, -0.15) is 0 Å². The van der Waals surface area contributed by atoms with Crippen LogP contribution in [0.3, 0.4) is 0 Å². The highest BCUT2D eigenvalue weighted by molar-refractivity contribution is 7.12. The molecule has 1 aromatic carbocycles. The molecule has 2 N–H and O–H groups in total. The van der Waals surface area contributed by atoms with Crippen molar-refractivity contribution in [2.75, 3.05) is 6.61 Å². The zero-order valence-corrected chi connectivity index (χ0v) is 16.9. The minimum absolute atomic E-state index is 0.00924. The van der Waals surface area contributed by atoms with E-state index in [0.717, 1.165) is 15.3 Å². The van der Waals surface area contributed by atoms with Crippen molar-refractivity contribution in [1.82, 2.24) is 10.9 Å². The molecular formula is C19H21ClN2O4S. The molecule has 0 atom stereocenters. The van der Waals surface area contributed by atoms with Crippen LogP contribution in [-0.4, -0.2) is 24.2 Å². The second-order valence-corrected chi connectivity index (χ2v) is 7.91. The topological polar surface area (TPSA) is 84.5 Å². The molecule has 2 aromatic rings. The number of carbonyl (C=O) groups is 3. The van der Waals surface area contributed by atoms with E-state index in [2.05, 4.69) is 10.9 Å².